The Labute approximate surface area is 89.0 Å². The van der Waals surface area contributed by atoms with Gasteiger partial charge in [-0.2, -0.15) is 0 Å². The van der Waals surface area contributed by atoms with Crippen LogP contribution in [0.2, 0.25) is 0 Å². The van der Waals surface area contributed by atoms with Crippen LogP contribution in [0.5, 0.6) is 0 Å². The van der Waals surface area contributed by atoms with Crippen molar-refractivity contribution in [3.8, 4) is 0 Å². The summed E-state index contributed by atoms with van der Waals surface area (Å²) in [4.78, 5) is 11.7. The van der Waals surface area contributed by atoms with Gasteiger partial charge in [0.25, 0.3) is 0 Å². The highest BCUT2D eigenvalue weighted by atomic mass is 16.6. The van der Waals surface area contributed by atoms with E-state index in [1.54, 1.807) is 0 Å². The van der Waals surface area contributed by atoms with Crippen molar-refractivity contribution in [2.45, 2.75) is 39.5 Å². The van der Waals surface area contributed by atoms with Gasteiger partial charge in [0.2, 0.25) is 0 Å². The van der Waals surface area contributed by atoms with Gasteiger partial charge < -0.3 is 0 Å². The number of aryl methyl sites for hydroxylation is 1. The zero-order valence-corrected chi connectivity index (χ0v) is 9.19. The third-order valence-electron chi connectivity index (χ3n) is 3.21. The predicted octanol–water partition coefficient (Wildman–Crippen LogP) is 1.93. The third kappa shape index (κ3) is 2.25. The van der Waals surface area contributed by atoms with E-state index in [1.165, 1.54) is 0 Å². The molecule has 1 aliphatic carbocycles. The van der Waals surface area contributed by atoms with Crippen molar-refractivity contribution in [2.24, 2.45) is 11.8 Å². The topological polar surface area (TPSA) is 56.0 Å². The maximum Gasteiger partial charge on any atom is 0.136 e. The summed E-state index contributed by atoms with van der Waals surface area (Å²) in [5.74, 6) is 1.14. The second-order valence-electron chi connectivity index (χ2n) is 4.54. The summed E-state index contributed by atoms with van der Waals surface area (Å²) in [7, 11) is 0. The van der Waals surface area contributed by atoms with Crippen LogP contribution in [0.1, 0.15) is 37.6 Å². The normalized spacial score (nSPS) is 26.9. The highest BCUT2D eigenvalue weighted by Gasteiger charge is 2.27. The van der Waals surface area contributed by atoms with Gasteiger partial charge in [-0.1, -0.05) is 17.2 Å². The van der Waals surface area contributed by atoms with Crippen LogP contribution in [0.15, 0.2) is 4.63 Å². The van der Waals surface area contributed by atoms with Crippen molar-refractivity contribution in [1.29, 1.82) is 0 Å². The fourth-order valence-electron chi connectivity index (χ4n) is 2.19. The molecule has 1 aromatic rings. The fraction of sp³-hybridized carbons (Fsp3) is 0.727. The van der Waals surface area contributed by atoms with Crippen molar-refractivity contribution in [3.05, 3.63) is 11.4 Å². The number of rotatable bonds is 2. The maximum atomic E-state index is 11.7. The summed E-state index contributed by atoms with van der Waals surface area (Å²) < 4.78 is 4.64. The number of hydrogen-bond acceptors (Lipinski definition) is 4. The first-order valence-electron chi connectivity index (χ1n) is 5.47. The summed E-state index contributed by atoms with van der Waals surface area (Å²) in [6.07, 6.45) is 3.42. The molecule has 2 unspecified atom stereocenters. The molecule has 1 heterocycles. The molecule has 1 aromatic heterocycles. The summed E-state index contributed by atoms with van der Waals surface area (Å²) in [6.45, 7) is 4.07. The van der Waals surface area contributed by atoms with Gasteiger partial charge in [-0.25, -0.2) is 4.63 Å². The average Bonchev–Trinajstić information content (AvgIpc) is 2.58. The number of Topliss-reactive ketones (excluding diaryl/α,β-unsaturated/α-hetero) is 1. The van der Waals surface area contributed by atoms with E-state index in [4.69, 9.17) is 0 Å². The molecule has 4 heteroatoms. The maximum absolute atomic E-state index is 11.7. The van der Waals surface area contributed by atoms with Crippen LogP contribution in [-0.4, -0.2) is 16.1 Å². The lowest BCUT2D eigenvalue weighted by Gasteiger charge is -2.24. The van der Waals surface area contributed by atoms with Crippen LogP contribution in [-0.2, 0) is 11.2 Å². The number of nitrogens with zero attached hydrogens (tertiary/aromatic N) is 2. The minimum Gasteiger partial charge on any atom is -0.299 e. The monoisotopic (exact) mass is 208 g/mol. The van der Waals surface area contributed by atoms with Crippen LogP contribution in [0.4, 0.5) is 0 Å². The predicted molar refractivity (Wildman–Crippen MR) is 54.3 cm³/mol. The van der Waals surface area contributed by atoms with E-state index in [0.717, 1.165) is 30.7 Å². The van der Waals surface area contributed by atoms with Gasteiger partial charge in [-0.05, 0) is 25.7 Å². The minimum atomic E-state index is 0.124. The summed E-state index contributed by atoms with van der Waals surface area (Å²) in [6, 6.07) is 0. The van der Waals surface area contributed by atoms with E-state index >= 15 is 0 Å². The molecule has 1 saturated carbocycles. The van der Waals surface area contributed by atoms with Gasteiger partial charge in [-0.15, -0.1) is 0 Å². The Balaban J connectivity index is 2.04. The van der Waals surface area contributed by atoms with E-state index in [0.29, 0.717) is 18.1 Å². The fourth-order valence-corrected chi connectivity index (χ4v) is 2.19. The van der Waals surface area contributed by atoms with Gasteiger partial charge >= 0.3 is 0 Å². The molecule has 0 radical (unpaired) electrons. The molecule has 0 amide bonds. The first-order valence-corrected chi connectivity index (χ1v) is 5.47. The summed E-state index contributed by atoms with van der Waals surface area (Å²) in [5.41, 5.74) is 1.64. The van der Waals surface area contributed by atoms with Crippen LogP contribution < -0.4 is 0 Å². The molecule has 0 N–H and O–H groups in total. The molecule has 2 rings (SSSR count). The van der Waals surface area contributed by atoms with Crippen molar-refractivity contribution < 1.29 is 9.42 Å². The molecule has 82 valence electrons. The number of aromatic nitrogens is 2. The van der Waals surface area contributed by atoms with E-state index < -0.39 is 0 Å². The lowest BCUT2D eigenvalue weighted by Crippen LogP contribution is -2.25. The number of hydrogen-bond donors (Lipinski definition) is 0. The largest absolute Gasteiger partial charge is 0.299 e. The number of ketones is 1. The van der Waals surface area contributed by atoms with Crippen LogP contribution in [0, 0.1) is 18.8 Å². The Morgan fingerprint density at radius 1 is 1.47 bits per heavy atom. The molecular weight excluding hydrogens is 192 g/mol. The minimum absolute atomic E-state index is 0.124. The first kappa shape index (κ1) is 10.3. The van der Waals surface area contributed by atoms with Crippen molar-refractivity contribution in [2.75, 3.05) is 0 Å². The van der Waals surface area contributed by atoms with Crippen LogP contribution in [0.25, 0.3) is 0 Å². The first-order chi connectivity index (χ1) is 7.16. The van der Waals surface area contributed by atoms with Crippen molar-refractivity contribution >= 4 is 5.78 Å². The van der Waals surface area contributed by atoms with Crippen LogP contribution >= 0.6 is 0 Å². The van der Waals surface area contributed by atoms with Gasteiger partial charge in [0.15, 0.2) is 0 Å². The van der Waals surface area contributed by atoms with E-state index in [-0.39, 0.29) is 5.92 Å². The Morgan fingerprint density at radius 2 is 2.27 bits per heavy atom. The van der Waals surface area contributed by atoms with Crippen molar-refractivity contribution in [3.63, 3.8) is 0 Å². The molecule has 2 atom stereocenters. The molecule has 0 bridgehead atoms. The number of carbonyl (C=O) groups excluding carboxylic acids is 1. The standard InChI is InChI=1S/C11H16N2O2/c1-7-3-4-11(14)9(5-7)6-10-8(2)12-15-13-10/h7,9H,3-6H2,1-2H3. The molecular formula is C11H16N2O2. The Hall–Kier alpha value is -1.19. The molecule has 15 heavy (non-hydrogen) atoms. The van der Waals surface area contributed by atoms with Gasteiger partial charge in [-0.3, -0.25) is 4.79 Å². The van der Waals surface area contributed by atoms with Gasteiger partial charge in [0.1, 0.15) is 17.2 Å². The average molecular weight is 208 g/mol. The van der Waals surface area contributed by atoms with Gasteiger partial charge in [0.05, 0.1) is 0 Å². The smallest absolute Gasteiger partial charge is 0.136 e. The van der Waals surface area contributed by atoms with E-state index in [9.17, 15) is 4.79 Å². The molecule has 1 aliphatic rings. The summed E-state index contributed by atoms with van der Waals surface area (Å²) >= 11 is 0. The molecule has 1 fully saturated rings. The van der Waals surface area contributed by atoms with Crippen molar-refractivity contribution in [1.82, 2.24) is 10.3 Å². The molecule has 0 spiro atoms. The molecule has 0 aliphatic heterocycles. The summed E-state index contributed by atoms with van der Waals surface area (Å²) in [5, 5.41) is 7.56. The zero-order valence-electron chi connectivity index (χ0n) is 9.19. The Morgan fingerprint density at radius 3 is 2.93 bits per heavy atom. The Bertz CT molecular complexity index is 359. The quantitative estimate of drug-likeness (QED) is 0.745. The number of carbonyl (C=O) groups is 1. The highest BCUT2D eigenvalue weighted by Crippen LogP contribution is 2.28. The SMILES string of the molecule is Cc1nonc1CC1CC(C)CCC1=O. The van der Waals surface area contributed by atoms with E-state index in [2.05, 4.69) is 21.9 Å². The Kier molecular flexibility index (Phi) is 2.84. The molecule has 0 aromatic carbocycles. The van der Waals surface area contributed by atoms with Crippen LogP contribution in [0.3, 0.4) is 0 Å². The highest BCUT2D eigenvalue weighted by molar-refractivity contribution is 5.81. The lowest BCUT2D eigenvalue weighted by atomic mass is 9.79. The molecule has 0 saturated heterocycles. The van der Waals surface area contributed by atoms with Gasteiger partial charge in [0, 0.05) is 18.8 Å². The second kappa shape index (κ2) is 4.13. The van der Waals surface area contributed by atoms with E-state index in [1.807, 2.05) is 6.92 Å². The lowest BCUT2D eigenvalue weighted by molar-refractivity contribution is -0.125. The second-order valence-corrected chi connectivity index (χ2v) is 4.54. The molecule has 4 nitrogen and oxygen atoms in total. The third-order valence-corrected chi connectivity index (χ3v) is 3.21. The zero-order chi connectivity index (χ0) is 10.8.